The quantitative estimate of drug-likeness (QED) is 0.531. The van der Waals surface area contributed by atoms with Crippen molar-refractivity contribution >= 4 is 24.0 Å². The Balaban J connectivity index is 2.20. The average Bonchev–Trinajstić information content (AvgIpc) is 2.58. The van der Waals surface area contributed by atoms with Crippen LogP contribution in [0.2, 0.25) is 5.15 Å². The van der Waals surface area contributed by atoms with Crippen LogP contribution in [-0.4, -0.2) is 32.8 Å². The lowest BCUT2D eigenvalue weighted by Crippen LogP contribution is -2.46. The summed E-state index contributed by atoms with van der Waals surface area (Å²) in [6.07, 6.45) is -3.75. The summed E-state index contributed by atoms with van der Waals surface area (Å²) in [4.78, 5) is 31.9. The Morgan fingerprint density at radius 1 is 1.21 bits per heavy atom. The van der Waals surface area contributed by atoms with Gasteiger partial charge < -0.3 is 4.74 Å². The van der Waals surface area contributed by atoms with Gasteiger partial charge in [-0.15, -0.1) is 0 Å². The molecule has 0 unspecified atom stereocenters. The van der Waals surface area contributed by atoms with E-state index in [1.807, 2.05) is 0 Å². The number of alkyl halides is 3. The molecule has 10 heteroatoms. The molecule has 0 fully saturated rings. The number of carbonyl (C=O) groups excluding carboxylic acids is 2. The van der Waals surface area contributed by atoms with Gasteiger partial charge in [0.15, 0.2) is 6.29 Å². The van der Waals surface area contributed by atoms with Crippen LogP contribution in [0.4, 0.5) is 18.0 Å². The zero-order chi connectivity index (χ0) is 21.1. The predicted octanol–water partition coefficient (Wildman–Crippen LogP) is 4.76. The van der Waals surface area contributed by atoms with Gasteiger partial charge in [0.1, 0.15) is 10.8 Å². The monoisotopic (exact) mass is 415 g/mol. The maximum absolute atomic E-state index is 12.6. The Morgan fingerprint density at radius 3 is 2.36 bits per heavy atom. The molecule has 28 heavy (non-hydrogen) atoms. The lowest BCUT2D eigenvalue weighted by Gasteiger charge is -2.34. The Bertz CT molecular complexity index is 865. The third-order valence-electron chi connectivity index (χ3n) is 3.66. The van der Waals surface area contributed by atoms with Gasteiger partial charge in [-0.05, 0) is 38.5 Å². The molecule has 2 aromatic heterocycles. The zero-order valence-corrected chi connectivity index (χ0v) is 16.0. The average molecular weight is 416 g/mol. The van der Waals surface area contributed by atoms with Crippen LogP contribution in [0, 0.1) is 0 Å². The van der Waals surface area contributed by atoms with Crippen LogP contribution in [0.5, 0.6) is 5.88 Å². The fourth-order valence-corrected chi connectivity index (χ4v) is 2.35. The topological polar surface area (TPSA) is 72.4 Å². The second kappa shape index (κ2) is 8.14. The minimum absolute atomic E-state index is 0.0341. The molecular weight excluding hydrogens is 399 g/mol. The van der Waals surface area contributed by atoms with E-state index in [1.165, 1.54) is 23.1 Å². The van der Waals surface area contributed by atoms with Crippen molar-refractivity contribution in [3.63, 3.8) is 0 Å². The summed E-state index contributed by atoms with van der Waals surface area (Å²) in [5.74, 6) is -0.111. The molecular formula is C18H17ClF3N3O3. The van der Waals surface area contributed by atoms with E-state index in [9.17, 15) is 22.8 Å². The van der Waals surface area contributed by atoms with Crippen molar-refractivity contribution in [2.75, 3.05) is 0 Å². The lowest BCUT2D eigenvalue weighted by molar-refractivity contribution is -0.141. The number of halogens is 4. The van der Waals surface area contributed by atoms with Crippen LogP contribution >= 0.6 is 11.6 Å². The molecule has 1 amide bonds. The number of amides is 1. The summed E-state index contributed by atoms with van der Waals surface area (Å²) in [6.45, 7) is 5.18. The minimum Gasteiger partial charge on any atom is -0.391 e. The lowest BCUT2D eigenvalue weighted by atomic mass is 10.1. The highest BCUT2D eigenvalue weighted by molar-refractivity contribution is 6.31. The van der Waals surface area contributed by atoms with Gasteiger partial charge in [0.25, 0.3) is 0 Å². The van der Waals surface area contributed by atoms with Crippen molar-refractivity contribution in [2.45, 2.75) is 39.0 Å². The van der Waals surface area contributed by atoms with Crippen LogP contribution in [0.1, 0.15) is 42.4 Å². The van der Waals surface area contributed by atoms with Crippen molar-refractivity contribution in [3.05, 3.63) is 52.4 Å². The molecule has 0 aliphatic heterocycles. The van der Waals surface area contributed by atoms with Crippen molar-refractivity contribution < 1.29 is 27.5 Å². The van der Waals surface area contributed by atoms with Crippen molar-refractivity contribution in [2.24, 2.45) is 0 Å². The van der Waals surface area contributed by atoms with Gasteiger partial charge in [-0.3, -0.25) is 14.7 Å². The van der Waals surface area contributed by atoms with E-state index in [2.05, 4.69) is 9.97 Å². The standard InChI is InChI=1S/C18H17ClF3N3O3/c1-17(2,3)25(9-11-4-6-13(23-8-11)18(20,21)22)16(27)28-14-7-5-12(10-26)15(19)24-14/h4-8,10H,9H2,1-3H3. The molecule has 0 aromatic carbocycles. The Labute approximate surface area is 164 Å². The van der Waals surface area contributed by atoms with Gasteiger partial charge in [-0.2, -0.15) is 13.2 Å². The van der Waals surface area contributed by atoms with Gasteiger partial charge in [-0.1, -0.05) is 17.7 Å². The molecule has 0 aliphatic carbocycles. The normalized spacial score (nSPS) is 11.8. The summed E-state index contributed by atoms with van der Waals surface area (Å²) in [6, 6.07) is 4.76. The summed E-state index contributed by atoms with van der Waals surface area (Å²) in [7, 11) is 0. The van der Waals surface area contributed by atoms with Gasteiger partial charge in [0.2, 0.25) is 5.88 Å². The molecule has 0 radical (unpaired) electrons. The first kappa shape index (κ1) is 21.6. The van der Waals surface area contributed by atoms with E-state index in [1.54, 1.807) is 20.8 Å². The molecule has 2 aromatic rings. The summed E-state index contributed by atoms with van der Waals surface area (Å²) < 4.78 is 43.1. The van der Waals surface area contributed by atoms with E-state index in [4.69, 9.17) is 16.3 Å². The van der Waals surface area contributed by atoms with Gasteiger partial charge >= 0.3 is 12.3 Å². The number of hydrogen-bond acceptors (Lipinski definition) is 5. The molecule has 0 aliphatic rings. The summed E-state index contributed by atoms with van der Waals surface area (Å²) in [5.41, 5.74) is -1.20. The van der Waals surface area contributed by atoms with E-state index >= 15 is 0 Å². The van der Waals surface area contributed by atoms with Crippen LogP contribution in [0.15, 0.2) is 30.5 Å². The minimum atomic E-state index is -4.54. The molecule has 0 N–H and O–H groups in total. The Morgan fingerprint density at radius 2 is 1.89 bits per heavy atom. The molecule has 0 saturated heterocycles. The number of nitrogens with zero attached hydrogens (tertiary/aromatic N) is 3. The number of pyridine rings is 2. The SMILES string of the molecule is CC(C)(C)N(Cc1ccc(C(F)(F)F)nc1)C(=O)Oc1ccc(C=O)c(Cl)n1. The number of ether oxygens (including phenoxy) is 1. The predicted molar refractivity (Wildman–Crippen MR) is 95.2 cm³/mol. The highest BCUT2D eigenvalue weighted by Gasteiger charge is 2.33. The molecule has 2 heterocycles. The first-order valence-corrected chi connectivity index (χ1v) is 8.43. The number of aldehydes is 1. The third-order valence-corrected chi connectivity index (χ3v) is 3.96. The van der Waals surface area contributed by atoms with E-state index < -0.39 is 23.5 Å². The van der Waals surface area contributed by atoms with E-state index in [-0.39, 0.29) is 23.1 Å². The number of aromatic nitrogens is 2. The number of carbonyl (C=O) groups is 2. The first-order valence-electron chi connectivity index (χ1n) is 8.05. The maximum atomic E-state index is 12.6. The number of rotatable bonds is 4. The second-order valence-corrected chi connectivity index (χ2v) is 7.18. The van der Waals surface area contributed by atoms with Crippen LogP contribution in [0.25, 0.3) is 0 Å². The Hall–Kier alpha value is -2.68. The number of hydrogen-bond donors (Lipinski definition) is 0. The highest BCUT2D eigenvalue weighted by Crippen LogP contribution is 2.28. The molecule has 2 rings (SSSR count). The fourth-order valence-electron chi connectivity index (χ4n) is 2.16. The summed E-state index contributed by atoms with van der Waals surface area (Å²) in [5, 5.41) is -0.116. The van der Waals surface area contributed by atoms with Gasteiger partial charge in [-0.25, -0.2) is 9.78 Å². The molecule has 6 nitrogen and oxygen atoms in total. The molecule has 0 spiro atoms. The molecule has 150 valence electrons. The van der Waals surface area contributed by atoms with E-state index in [0.29, 0.717) is 11.8 Å². The smallest absolute Gasteiger partial charge is 0.391 e. The van der Waals surface area contributed by atoms with Gasteiger partial charge in [0, 0.05) is 17.8 Å². The van der Waals surface area contributed by atoms with Crippen molar-refractivity contribution in [1.82, 2.24) is 14.9 Å². The van der Waals surface area contributed by atoms with Crippen LogP contribution in [0.3, 0.4) is 0 Å². The van der Waals surface area contributed by atoms with Crippen LogP contribution in [-0.2, 0) is 12.7 Å². The zero-order valence-electron chi connectivity index (χ0n) is 15.2. The highest BCUT2D eigenvalue weighted by atomic mass is 35.5. The fraction of sp³-hybridized carbons (Fsp3) is 0.333. The van der Waals surface area contributed by atoms with Gasteiger partial charge in [0.05, 0.1) is 12.1 Å². The summed E-state index contributed by atoms with van der Waals surface area (Å²) >= 11 is 5.82. The maximum Gasteiger partial charge on any atom is 0.433 e. The molecule has 0 bridgehead atoms. The van der Waals surface area contributed by atoms with Crippen molar-refractivity contribution in [3.8, 4) is 5.88 Å². The molecule has 0 atom stereocenters. The van der Waals surface area contributed by atoms with E-state index in [0.717, 1.165) is 12.3 Å². The van der Waals surface area contributed by atoms with Crippen molar-refractivity contribution in [1.29, 1.82) is 0 Å². The van der Waals surface area contributed by atoms with Crippen LogP contribution < -0.4 is 4.74 Å². The second-order valence-electron chi connectivity index (χ2n) is 6.82. The third kappa shape index (κ3) is 5.41. The molecule has 0 saturated carbocycles. The first-order chi connectivity index (χ1) is 12.9. The Kier molecular flexibility index (Phi) is 6.28. The largest absolute Gasteiger partial charge is 0.433 e.